The number of carbonyl (C=O) groups is 1. The van der Waals surface area contributed by atoms with Gasteiger partial charge in [-0.05, 0) is 25.1 Å². The summed E-state index contributed by atoms with van der Waals surface area (Å²) in [5.74, 6) is -0.0830. The van der Waals surface area contributed by atoms with Crippen LogP contribution in [0.25, 0.3) is 0 Å². The zero-order valence-electron chi connectivity index (χ0n) is 12.6. The molecule has 0 spiro atoms. The highest BCUT2D eigenvalue weighted by atomic mass is 32.2. The first-order valence-corrected chi connectivity index (χ1v) is 8.11. The average Bonchev–Trinajstić information content (AvgIpc) is 2.87. The third kappa shape index (κ3) is 3.08. The van der Waals surface area contributed by atoms with Gasteiger partial charge < -0.3 is 0 Å². The minimum atomic E-state index is -3.65. The van der Waals surface area contributed by atoms with Crippen LogP contribution < -0.4 is 0 Å². The Labute approximate surface area is 125 Å². The Kier molecular flexibility index (Phi) is 3.80. The van der Waals surface area contributed by atoms with Crippen LogP contribution in [0.5, 0.6) is 0 Å². The molecule has 5 heteroatoms. The molecule has 0 saturated carbocycles. The first-order chi connectivity index (χ1) is 9.62. The van der Waals surface area contributed by atoms with Crippen molar-refractivity contribution in [1.82, 2.24) is 3.97 Å². The molecule has 0 unspecified atom stereocenters. The van der Waals surface area contributed by atoms with Crippen LogP contribution >= 0.6 is 0 Å². The molecule has 21 heavy (non-hydrogen) atoms. The maximum atomic E-state index is 12.5. The van der Waals surface area contributed by atoms with Crippen molar-refractivity contribution in [3.63, 3.8) is 0 Å². The molecule has 0 N–H and O–H groups in total. The lowest BCUT2D eigenvalue weighted by Gasteiger charge is -2.15. The molecule has 0 bridgehead atoms. The number of carbonyl (C=O) groups excluding carboxylic acids is 1. The van der Waals surface area contributed by atoms with Crippen LogP contribution in [-0.4, -0.2) is 18.2 Å². The Morgan fingerprint density at radius 2 is 1.62 bits per heavy atom. The fourth-order valence-electron chi connectivity index (χ4n) is 1.93. The second kappa shape index (κ2) is 5.15. The van der Waals surface area contributed by atoms with E-state index in [2.05, 4.69) is 0 Å². The number of ketones is 1. The summed E-state index contributed by atoms with van der Waals surface area (Å²) < 4.78 is 26.1. The minimum absolute atomic E-state index is 0.0830. The van der Waals surface area contributed by atoms with Crippen LogP contribution in [0.3, 0.4) is 0 Å². The molecule has 4 nitrogen and oxygen atoms in total. The monoisotopic (exact) mass is 305 g/mol. The van der Waals surface area contributed by atoms with Crippen LogP contribution in [0.2, 0.25) is 0 Å². The van der Waals surface area contributed by atoms with E-state index in [1.165, 1.54) is 12.4 Å². The average molecular weight is 305 g/mol. The zero-order valence-corrected chi connectivity index (χ0v) is 13.4. The molecule has 1 aromatic heterocycles. The predicted octanol–water partition coefficient (Wildman–Crippen LogP) is 3.26. The minimum Gasteiger partial charge on any atom is -0.294 e. The Hall–Kier alpha value is -1.88. The van der Waals surface area contributed by atoms with E-state index in [0.717, 1.165) is 9.54 Å². The summed E-state index contributed by atoms with van der Waals surface area (Å²) in [6.07, 6.45) is 2.79. The van der Waals surface area contributed by atoms with Gasteiger partial charge in [0.15, 0.2) is 5.78 Å². The second-order valence-corrected chi connectivity index (χ2v) is 7.97. The van der Waals surface area contributed by atoms with Gasteiger partial charge in [-0.15, -0.1) is 0 Å². The standard InChI is InChI=1S/C16H19NO3S/c1-12-5-7-14(8-6-12)21(19,20)17-10-9-13(11-17)15(18)16(2,3)4/h5-11H,1-4H3. The van der Waals surface area contributed by atoms with Gasteiger partial charge in [0, 0.05) is 23.4 Å². The van der Waals surface area contributed by atoms with Crippen molar-refractivity contribution >= 4 is 15.8 Å². The summed E-state index contributed by atoms with van der Waals surface area (Å²) >= 11 is 0. The van der Waals surface area contributed by atoms with Gasteiger partial charge in [-0.1, -0.05) is 38.5 Å². The van der Waals surface area contributed by atoms with E-state index >= 15 is 0 Å². The molecule has 0 fully saturated rings. The fraction of sp³-hybridized carbons (Fsp3) is 0.312. The van der Waals surface area contributed by atoms with Gasteiger partial charge in [0.05, 0.1) is 4.90 Å². The van der Waals surface area contributed by atoms with Crippen molar-refractivity contribution in [3.8, 4) is 0 Å². The SMILES string of the molecule is Cc1ccc(S(=O)(=O)n2ccc(C(=O)C(C)(C)C)c2)cc1. The highest BCUT2D eigenvalue weighted by molar-refractivity contribution is 7.90. The topological polar surface area (TPSA) is 56.1 Å². The second-order valence-electron chi connectivity index (χ2n) is 6.13. The summed E-state index contributed by atoms with van der Waals surface area (Å²) in [6.45, 7) is 7.32. The van der Waals surface area contributed by atoms with E-state index in [-0.39, 0.29) is 10.7 Å². The lowest BCUT2D eigenvalue weighted by atomic mass is 9.88. The van der Waals surface area contributed by atoms with E-state index in [1.807, 2.05) is 6.92 Å². The van der Waals surface area contributed by atoms with Gasteiger partial charge in [0.2, 0.25) is 0 Å². The maximum Gasteiger partial charge on any atom is 0.267 e. The van der Waals surface area contributed by atoms with Crippen molar-refractivity contribution in [2.45, 2.75) is 32.6 Å². The molecule has 1 aromatic carbocycles. The number of hydrogen-bond donors (Lipinski definition) is 0. The first-order valence-electron chi connectivity index (χ1n) is 6.67. The van der Waals surface area contributed by atoms with Crippen molar-refractivity contribution in [3.05, 3.63) is 53.9 Å². The molecular weight excluding hydrogens is 286 g/mol. The third-order valence-electron chi connectivity index (χ3n) is 3.21. The van der Waals surface area contributed by atoms with Gasteiger partial charge in [-0.3, -0.25) is 4.79 Å². The maximum absolute atomic E-state index is 12.5. The number of benzene rings is 1. The van der Waals surface area contributed by atoms with E-state index < -0.39 is 15.4 Å². The molecule has 0 aliphatic rings. The fourth-order valence-corrected chi connectivity index (χ4v) is 3.12. The zero-order chi connectivity index (χ0) is 15.8. The molecule has 2 rings (SSSR count). The van der Waals surface area contributed by atoms with E-state index in [0.29, 0.717) is 5.56 Å². The summed E-state index contributed by atoms with van der Waals surface area (Å²) in [6, 6.07) is 8.17. The number of nitrogens with zero attached hydrogens (tertiary/aromatic N) is 1. The molecule has 0 atom stereocenters. The van der Waals surface area contributed by atoms with E-state index in [4.69, 9.17) is 0 Å². The summed E-state index contributed by atoms with van der Waals surface area (Å²) in [5.41, 5.74) is 0.850. The van der Waals surface area contributed by atoms with Crippen molar-refractivity contribution in [2.24, 2.45) is 5.41 Å². The molecule has 0 aliphatic carbocycles. The lowest BCUT2D eigenvalue weighted by molar-refractivity contribution is 0.0858. The van der Waals surface area contributed by atoms with Gasteiger partial charge in [0.1, 0.15) is 0 Å². The number of aryl methyl sites for hydroxylation is 1. The predicted molar refractivity (Wildman–Crippen MR) is 82.0 cm³/mol. The number of rotatable bonds is 3. The highest BCUT2D eigenvalue weighted by Crippen LogP contribution is 2.22. The summed E-state index contributed by atoms with van der Waals surface area (Å²) in [7, 11) is -3.65. The van der Waals surface area contributed by atoms with Crippen molar-refractivity contribution in [2.75, 3.05) is 0 Å². The smallest absolute Gasteiger partial charge is 0.267 e. The largest absolute Gasteiger partial charge is 0.294 e. The number of hydrogen-bond acceptors (Lipinski definition) is 3. The van der Waals surface area contributed by atoms with Crippen LogP contribution in [0, 0.1) is 12.3 Å². The van der Waals surface area contributed by atoms with Crippen molar-refractivity contribution in [1.29, 1.82) is 0 Å². The molecule has 112 valence electrons. The summed E-state index contributed by atoms with van der Waals surface area (Å²) in [5, 5.41) is 0. The Balaban J connectivity index is 2.41. The Morgan fingerprint density at radius 1 is 1.05 bits per heavy atom. The molecule has 0 aliphatic heterocycles. The normalized spacial score (nSPS) is 12.4. The molecule has 0 amide bonds. The first kappa shape index (κ1) is 15.5. The third-order valence-corrected chi connectivity index (χ3v) is 4.86. The Morgan fingerprint density at radius 3 is 2.14 bits per heavy atom. The van der Waals surface area contributed by atoms with E-state index in [9.17, 15) is 13.2 Å². The molecular formula is C16H19NO3S. The quantitative estimate of drug-likeness (QED) is 0.818. The Bertz CT molecular complexity index is 763. The lowest BCUT2D eigenvalue weighted by Crippen LogP contribution is -2.20. The molecule has 0 saturated heterocycles. The van der Waals surface area contributed by atoms with Gasteiger partial charge in [-0.25, -0.2) is 12.4 Å². The van der Waals surface area contributed by atoms with E-state index in [1.54, 1.807) is 51.1 Å². The van der Waals surface area contributed by atoms with Gasteiger partial charge >= 0.3 is 0 Å². The number of Topliss-reactive ketones (excluding diaryl/α,β-unsaturated/α-hetero) is 1. The molecule has 2 aromatic rings. The van der Waals surface area contributed by atoms with Crippen LogP contribution in [0.4, 0.5) is 0 Å². The van der Waals surface area contributed by atoms with Gasteiger partial charge in [-0.2, -0.15) is 0 Å². The summed E-state index contributed by atoms with van der Waals surface area (Å²) in [4.78, 5) is 12.4. The van der Waals surface area contributed by atoms with Crippen LogP contribution in [-0.2, 0) is 10.0 Å². The molecule has 1 heterocycles. The van der Waals surface area contributed by atoms with Crippen molar-refractivity contribution < 1.29 is 13.2 Å². The number of aromatic nitrogens is 1. The molecule has 0 radical (unpaired) electrons. The van der Waals surface area contributed by atoms with Crippen LogP contribution in [0.15, 0.2) is 47.6 Å². The van der Waals surface area contributed by atoms with Gasteiger partial charge in [0.25, 0.3) is 10.0 Å². The van der Waals surface area contributed by atoms with Crippen LogP contribution in [0.1, 0.15) is 36.7 Å². The highest BCUT2D eigenvalue weighted by Gasteiger charge is 2.25.